The minimum Gasteiger partial charge on any atom is -0.494 e. The molecule has 3 N–H and O–H groups in total. The van der Waals surface area contributed by atoms with Gasteiger partial charge in [-0.25, -0.2) is 4.98 Å². The Kier molecular flexibility index (Phi) is 4.31. The van der Waals surface area contributed by atoms with Crippen LogP contribution in [0.15, 0.2) is 24.3 Å². The smallest absolute Gasteiger partial charge is 0.254 e. The third-order valence-electron chi connectivity index (χ3n) is 4.32. The van der Waals surface area contributed by atoms with E-state index in [2.05, 4.69) is 10.3 Å². The quantitative estimate of drug-likeness (QED) is 0.881. The first kappa shape index (κ1) is 16.8. The number of likely N-dealkylation sites (N-methyl/N-ethyl adjacent to an activating group) is 1. The van der Waals surface area contributed by atoms with Crippen LogP contribution in [0, 0.1) is 0 Å². The molecule has 7 heteroatoms. The summed E-state index contributed by atoms with van der Waals surface area (Å²) in [6.45, 7) is 2.49. The molecule has 130 valence electrons. The number of pyridine rings is 1. The molecule has 7 nitrogen and oxygen atoms in total. The molecule has 25 heavy (non-hydrogen) atoms. The van der Waals surface area contributed by atoms with Crippen molar-refractivity contribution in [2.24, 2.45) is 0 Å². The fraction of sp³-hybridized carbons (Fsp3) is 0.278. The summed E-state index contributed by atoms with van der Waals surface area (Å²) >= 11 is 0. The highest BCUT2D eigenvalue weighted by molar-refractivity contribution is 6.05. The molecule has 0 aliphatic carbocycles. The van der Waals surface area contributed by atoms with Crippen LogP contribution in [0.3, 0.4) is 0 Å². The lowest BCUT2D eigenvalue weighted by molar-refractivity contribution is -0.117. The Labute approximate surface area is 145 Å². The average molecular weight is 340 g/mol. The van der Waals surface area contributed by atoms with Gasteiger partial charge in [0.25, 0.3) is 5.91 Å². The fourth-order valence-electron chi connectivity index (χ4n) is 3.13. The van der Waals surface area contributed by atoms with Crippen molar-refractivity contribution >= 4 is 23.3 Å². The number of benzene rings is 1. The van der Waals surface area contributed by atoms with Gasteiger partial charge in [0.15, 0.2) is 5.75 Å². The molecular formula is C18H20N4O3. The molecule has 2 amide bonds. The van der Waals surface area contributed by atoms with Crippen molar-refractivity contribution in [3.63, 3.8) is 0 Å². The van der Waals surface area contributed by atoms with Crippen LogP contribution >= 0.6 is 0 Å². The lowest BCUT2D eigenvalue weighted by Gasteiger charge is -2.20. The van der Waals surface area contributed by atoms with Crippen LogP contribution in [0.2, 0.25) is 0 Å². The summed E-state index contributed by atoms with van der Waals surface area (Å²) in [4.78, 5) is 30.0. The van der Waals surface area contributed by atoms with E-state index in [0.717, 1.165) is 16.8 Å². The van der Waals surface area contributed by atoms with Crippen LogP contribution in [0.25, 0.3) is 11.3 Å². The highest BCUT2D eigenvalue weighted by Crippen LogP contribution is 2.44. The second-order valence-electron chi connectivity index (χ2n) is 5.68. The standard InChI is InChI=1S/C18H20N4O3/c1-4-22-14(23)9-10-5-6-11(16(25-3)15(10)22)13-8-7-12(17(19)21-13)18(24)20-2/h5-8H,4,9H2,1-3H3,(H2,19,21)(H,20,24). The van der Waals surface area contributed by atoms with E-state index in [1.54, 1.807) is 24.1 Å². The highest BCUT2D eigenvalue weighted by Gasteiger charge is 2.31. The first-order chi connectivity index (χ1) is 12.0. The molecule has 0 spiro atoms. The van der Waals surface area contributed by atoms with Gasteiger partial charge in [0.2, 0.25) is 5.91 Å². The number of nitrogens with one attached hydrogen (secondary N) is 1. The molecule has 2 aromatic rings. The number of ether oxygens (including phenoxy) is 1. The number of nitrogen functional groups attached to an aromatic ring is 1. The maximum Gasteiger partial charge on any atom is 0.254 e. The number of carbonyl (C=O) groups is 2. The van der Waals surface area contributed by atoms with E-state index in [-0.39, 0.29) is 17.6 Å². The summed E-state index contributed by atoms with van der Waals surface area (Å²) in [5.41, 5.74) is 9.28. The maximum atomic E-state index is 12.2. The summed E-state index contributed by atoms with van der Waals surface area (Å²) in [5, 5.41) is 2.53. The third-order valence-corrected chi connectivity index (χ3v) is 4.32. The van der Waals surface area contributed by atoms with E-state index < -0.39 is 0 Å². The molecule has 0 fully saturated rings. The van der Waals surface area contributed by atoms with Crippen LogP contribution in [-0.4, -0.2) is 37.5 Å². The van der Waals surface area contributed by atoms with Gasteiger partial charge in [-0.15, -0.1) is 0 Å². The van der Waals surface area contributed by atoms with Crippen molar-refractivity contribution in [2.75, 3.05) is 31.3 Å². The number of hydrogen-bond acceptors (Lipinski definition) is 5. The maximum absolute atomic E-state index is 12.2. The number of amides is 2. The number of nitrogens with zero attached hydrogens (tertiary/aromatic N) is 2. The van der Waals surface area contributed by atoms with Crippen LogP contribution in [0.4, 0.5) is 11.5 Å². The Balaban J connectivity index is 2.13. The lowest BCUT2D eigenvalue weighted by Crippen LogP contribution is -2.26. The van der Waals surface area contributed by atoms with Crippen molar-refractivity contribution in [3.8, 4) is 17.0 Å². The van der Waals surface area contributed by atoms with E-state index in [9.17, 15) is 9.59 Å². The number of aromatic nitrogens is 1. The average Bonchev–Trinajstić information content (AvgIpc) is 2.95. The zero-order valence-corrected chi connectivity index (χ0v) is 14.4. The van der Waals surface area contributed by atoms with Gasteiger partial charge in [0.05, 0.1) is 30.5 Å². The first-order valence-corrected chi connectivity index (χ1v) is 8.01. The number of rotatable bonds is 4. The Morgan fingerprint density at radius 3 is 2.72 bits per heavy atom. The van der Waals surface area contributed by atoms with E-state index in [1.165, 1.54) is 7.05 Å². The Hall–Kier alpha value is -3.09. The molecule has 3 rings (SSSR count). The number of anilines is 2. The molecule has 0 atom stereocenters. The van der Waals surface area contributed by atoms with Crippen LogP contribution < -0.4 is 20.7 Å². The van der Waals surface area contributed by atoms with Gasteiger partial charge < -0.3 is 20.7 Å². The molecule has 0 bridgehead atoms. The largest absolute Gasteiger partial charge is 0.494 e. The SMILES string of the molecule is CCN1C(=O)Cc2ccc(-c3ccc(C(=O)NC)c(N)n3)c(OC)c21. The van der Waals surface area contributed by atoms with Crippen molar-refractivity contribution in [3.05, 3.63) is 35.4 Å². The lowest BCUT2D eigenvalue weighted by atomic mass is 10.0. The van der Waals surface area contributed by atoms with Crippen molar-refractivity contribution in [1.29, 1.82) is 0 Å². The number of fused-ring (bicyclic) bond motifs is 1. The number of nitrogens with two attached hydrogens (primary N) is 1. The summed E-state index contributed by atoms with van der Waals surface area (Å²) in [6, 6.07) is 7.13. The zero-order chi connectivity index (χ0) is 18.1. The second-order valence-corrected chi connectivity index (χ2v) is 5.68. The van der Waals surface area contributed by atoms with Gasteiger partial charge in [-0.2, -0.15) is 0 Å². The fourth-order valence-corrected chi connectivity index (χ4v) is 3.13. The van der Waals surface area contributed by atoms with E-state index in [1.807, 2.05) is 19.1 Å². The summed E-state index contributed by atoms with van der Waals surface area (Å²) in [6.07, 6.45) is 0.366. The zero-order valence-electron chi connectivity index (χ0n) is 14.4. The van der Waals surface area contributed by atoms with E-state index >= 15 is 0 Å². The van der Waals surface area contributed by atoms with Crippen LogP contribution in [0.5, 0.6) is 5.75 Å². The van der Waals surface area contributed by atoms with Gasteiger partial charge in [0.1, 0.15) is 5.82 Å². The normalized spacial score (nSPS) is 12.9. The number of hydrogen-bond donors (Lipinski definition) is 2. The van der Waals surface area contributed by atoms with Crippen molar-refractivity contribution < 1.29 is 14.3 Å². The van der Waals surface area contributed by atoms with E-state index in [0.29, 0.717) is 30.0 Å². The predicted octanol–water partition coefficient (Wildman–Crippen LogP) is 1.61. The number of carbonyl (C=O) groups excluding carboxylic acids is 2. The van der Waals surface area contributed by atoms with Gasteiger partial charge in [0, 0.05) is 19.2 Å². The summed E-state index contributed by atoms with van der Waals surface area (Å²) in [7, 11) is 3.10. The molecule has 0 unspecified atom stereocenters. The van der Waals surface area contributed by atoms with Crippen molar-refractivity contribution in [1.82, 2.24) is 10.3 Å². The molecular weight excluding hydrogens is 320 g/mol. The van der Waals surface area contributed by atoms with Gasteiger partial charge >= 0.3 is 0 Å². The summed E-state index contributed by atoms with van der Waals surface area (Å²) < 4.78 is 5.61. The van der Waals surface area contributed by atoms with E-state index in [4.69, 9.17) is 10.5 Å². The monoisotopic (exact) mass is 340 g/mol. The first-order valence-electron chi connectivity index (χ1n) is 8.01. The van der Waals surface area contributed by atoms with Crippen LogP contribution in [0.1, 0.15) is 22.8 Å². The molecule has 0 saturated carbocycles. The second kappa shape index (κ2) is 6.43. The molecule has 0 radical (unpaired) electrons. The minimum atomic E-state index is -0.291. The topological polar surface area (TPSA) is 97.6 Å². The molecule has 1 aromatic carbocycles. The Morgan fingerprint density at radius 2 is 2.12 bits per heavy atom. The molecule has 1 aromatic heterocycles. The van der Waals surface area contributed by atoms with Crippen LogP contribution in [-0.2, 0) is 11.2 Å². The molecule has 0 saturated heterocycles. The Morgan fingerprint density at radius 1 is 1.36 bits per heavy atom. The third kappa shape index (κ3) is 2.67. The highest BCUT2D eigenvalue weighted by atomic mass is 16.5. The minimum absolute atomic E-state index is 0.0513. The molecule has 1 aliphatic heterocycles. The molecule has 2 heterocycles. The van der Waals surface area contributed by atoms with Gasteiger partial charge in [-0.05, 0) is 30.7 Å². The predicted molar refractivity (Wildman–Crippen MR) is 95.8 cm³/mol. The summed E-state index contributed by atoms with van der Waals surface area (Å²) in [5.74, 6) is 0.489. The number of methoxy groups -OCH3 is 1. The molecule has 1 aliphatic rings. The Bertz CT molecular complexity index is 864. The van der Waals surface area contributed by atoms with Gasteiger partial charge in [-0.1, -0.05) is 6.07 Å². The van der Waals surface area contributed by atoms with Gasteiger partial charge in [-0.3, -0.25) is 9.59 Å². The van der Waals surface area contributed by atoms with Crippen molar-refractivity contribution in [2.45, 2.75) is 13.3 Å².